The summed E-state index contributed by atoms with van der Waals surface area (Å²) in [6, 6.07) is 0. The summed E-state index contributed by atoms with van der Waals surface area (Å²) >= 11 is 0. The van der Waals surface area contributed by atoms with Gasteiger partial charge < -0.3 is 14.9 Å². The van der Waals surface area contributed by atoms with E-state index in [1.807, 2.05) is 0 Å². The Morgan fingerprint density at radius 1 is 1.33 bits per heavy atom. The quantitative estimate of drug-likeness (QED) is 0.586. The standard InChI is InChI=1S/C13H12O5/c1-5-7(3)18-13(17)10-9(5)8(4-14)11(15)6(2)12(10)16/h4-5,15-16H,3H2,1-2H3. The molecular weight excluding hydrogens is 236 g/mol. The lowest BCUT2D eigenvalue weighted by Crippen LogP contribution is -2.21. The van der Waals surface area contributed by atoms with Crippen molar-refractivity contribution in [2.45, 2.75) is 19.8 Å². The lowest BCUT2D eigenvalue weighted by Gasteiger charge is -2.26. The monoisotopic (exact) mass is 248 g/mol. The highest BCUT2D eigenvalue weighted by Crippen LogP contribution is 2.44. The Bertz CT molecular complexity index is 586. The highest BCUT2D eigenvalue weighted by molar-refractivity contribution is 6.01. The lowest BCUT2D eigenvalue weighted by molar-refractivity contribution is 0.0580. The molecular formula is C13H12O5. The largest absolute Gasteiger partial charge is 0.507 e. The van der Waals surface area contributed by atoms with Gasteiger partial charge in [0.05, 0.1) is 5.56 Å². The molecule has 2 N–H and O–H groups in total. The van der Waals surface area contributed by atoms with Gasteiger partial charge in [0.1, 0.15) is 22.8 Å². The van der Waals surface area contributed by atoms with Gasteiger partial charge in [-0.3, -0.25) is 4.79 Å². The molecule has 0 fully saturated rings. The number of cyclic esters (lactones) is 1. The van der Waals surface area contributed by atoms with Gasteiger partial charge in [-0.1, -0.05) is 13.5 Å². The van der Waals surface area contributed by atoms with Crippen LogP contribution in [0, 0.1) is 6.92 Å². The van der Waals surface area contributed by atoms with Gasteiger partial charge in [-0.25, -0.2) is 4.79 Å². The number of aromatic hydroxyl groups is 2. The van der Waals surface area contributed by atoms with Gasteiger partial charge in [-0.15, -0.1) is 0 Å². The summed E-state index contributed by atoms with van der Waals surface area (Å²) < 4.78 is 4.91. The predicted molar refractivity (Wildman–Crippen MR) is 62.9 cm³/mol. The number of esters is 1. The van der Waals surface area contributed by atoms with Gasteiger partial charge in [0.25, 0.3) is 0 Å². The van der Waals surface area contributed by atoms with Gasteiger partial charge in [-0.2, -0.15) is 0 Å². The van der Waals surface area contributed by atoms with Crippen molar-refractivity contribution in [1.29, 1.82) is 0 Å². The van der Waals surface area contributed by atoms with E-state index in [1.165, 1.54) is 6.92 Å². The summed E-state index contributed by atoms with van der Waals surface area (Å²) in [6.07, 6.45) is 0.461. The van der Waals surface area contributed by atoms with Crippen molar-refractivity contribution in [1.82, 2.24) is 0 Å². The predicted octanol–water partition coefficient (Wildman–Crippen LogP) is 2.01. The van der Waals surface area contributed by atoms with Crippen molar-refractivity contribution in [3.05, 3.63) is 34.6 Å². The third kappa shape index (κ3) is 1.40. The van der Waals surface area contributed by atoms with E-state index in [0.29, 0.717) is 6.29 Å². The maximum Gasteiger partial charge on any atom is 0.347 e. The number of hydrogen-bond donors (Lipinski definition) is 2. The first-order chi connectivity index (χ1) is 8.40. The zero-order chi connectivity index (χ0) is 13.6. The van der Waals surface area contributed by atoms with E-state index >= 15 is 0 Å². The molecule has 18 heavy (non-hydrogen) atoms. The van der Waals surface area contributed by atoms with Crippen LogP contribution in [-0.4, -0.2) is 22.5 Å². The van der Waals surface area contributed by atoms with Gasteiger partial charge in [0, 0.05) is 11.5 Å². The highest BCUT2D eigenvalue weighted by atomic mass is 16.5. The number of phenolic OH excluding ortho intramolecular Hbond substituents is 2. The average Bonchev–Trinajstić information content (AvgIpc) is 2.33. The van der Waals surface area contributed by atoms with E-state index in [4.69, 9.17) is 4.74 Å². The Labute approximate surface area is 103 Å². The van der Waals surface area contributed by atoms with Crippen molar-refractivity contribution in [3.8, 4) is 11.5 Å². The normalized spacial score (nSPS) is 18.2. The number of rotatable bonds is 1. The van der Waals surface area contributed by atoms with Crippen molar-refractivity contribution in [2.75, 3.05) is 0 Å². The van der Waals surface area contributed by atoms with Gasteiger partial charge in [0.2, 0.25) is 0 Å². The Balaban J connectivity index is 2.93. The smallest absolute Gasteiger partial charge is 0.347 e. The lowest BCUT2D eigenvalue weighted by atomic mass is 9.85. The minimum absolute atomic E-state index is 0.00870. The Morgan fingerprint density at radius 3 is 2.50 bits per heavy atom. The van der Waals surface area contributed by atoms with Crippen LogP contribution in [-0.2, 0) is 4.74 Å². The number of fused-ring (bicyclic) bond motifs is 1. The Morgan fingerprint density at radius 2 is 1.94 bits per heavy atom. The van der Waals surface area contributed by atoms with Crippen molar-refractivity contribution < 1.29 is 24.5 Å². The number of ether oxygens (including phenoxy) is 1. The minimum atomic E-state index is -0.767. The van der Waals surface area contributed by atoms with Crippen LogP contribution in [0.2, 0.25) is 0 Å². The molecule has 5 nitrogen and oxygen atoms in total. The fourth-order valence-corrected chi connectivity index (χ4v) is 2.09. The van der Waals surface area contributed by atoms with Crippen LogP contribution in [0.4, 0.5) is 0 Å². The van der Waals surface area contributed by atoms with E-state index in [0.717, 1.165) is 0 Å². The first-order valence-corrected chi connectivity index (χ1v) is 5.34. The summed E-state index contributed by atoms with van der Waals surface area (Å²) in [5, 5.41) is 19.8. The topological polar surface area (TPSA) is 83.8 Å². The third-order valence-corrected chi connectivity index (χ3v) is 3.22. The van der Waals surface area contributed by atoms with E-state index in [1.54, 1.807) is 6.92 Å². The van der Waals surface area contributed by atoms with E-state index < -0.39 is 11.9 Å². The second kappa shape index (κ2) is 3.87. The van der Waals surface area contributed by atoms with Gasteiger partial charge in [-0.05, 0) is 12.5 Å². The molecule has 1 aliphatic heterocycles. The van der Waals surface area contributed by atoms with Crippen LogP contribution in [0.15, 0.2) is 12.3 Å². The summed E-state index contributed by atoms with van der Waals surface area (Å²) in [7, 11) is 0. The van der Waals surface area contributed by atoms with Crippen molar-refractivity contribution in [3.63, 3.8) is 0 Å². The first kappa shape index (κ1) is 12.2. The van der Waals surface area contributed by atoms with Gasteiger partial charge in [0.15, 0.2) is 6.29 Å². The van der Waals surface area contributed by atoms with Crippen LogP contribution >= 0.6 is 0 Å². The maximum atomic E-state index is 11.8. The molecule has 1 unspecified atom stereocenters. The summed E-state index contributed by atoms with van der Waals surface area (Å²) in [4.78, 5) is 22.9. The fourth-order valence-electron chi connectivity index (χ4n) is 2.09. The summed E-state index contributed by atoms with van der Waals surface area (Å²) in [6.45, 7) is 6.67. The van der Waals surface area contributed by atoms with Crippen molar-refractivity contribution in [2.24, 2.45) is 0 Å². The third-order valence-electron chi connectivity index (χ3n) is 3.22. The molecule has 0 spiro atoms. The number of phenols is 2. The second-order valence-corrected chi connectivity index (χ2v) is 4.22. The molecule has 1 heterocycles. The molecule has 0 bridgehead atoms. The molecule has 0 saturated heterocycles. The van der Waals surface area contributed by atoms with Crippen LogP contribution < -0.4 is 0 Å². The molecule has 0 amide bonds. The SMILES string of the molecule is C=C1OC(=O)c2c(O)c(C)c(O)c(C=O)c2C1C. The molecule has 94 valence electrons. The molecule has 1 aliphatic rings. The molecule has 0 aliphatic carbocycles. The number of benzene rings is 1. The van der Waals surface area contributed by atoms with E-state index in [-0.39, 0.29) is 39.5 Å². The van der Waals surface area contributed by atoms with Crippen LogP contribution in [0.1, 0.15) is 44.7 Å². The zero-order valence-corrected chi connectivity index (χ0v) is 9.98. The maximum absolute atomic E-state index is 11.8. The summed E-state index contributed by atoms with van der Waals surface area (Å²) in [5.74, 6) is -1.74. The highest BCUT2D eigenvalue weighted by Gasteiger charge is 2.35. The molecule has 1 atom stereocenters. The number of hydrogen-bond acceptors (Lipinski definition) is 5. The first-order valence-electron chi connectivity index (χ1n) is 5.34. The van der Waals surface area contributed by atoms with Crippen LogP contribution in [0.3, 0.4) is 0 Å². The Hall–Kier alpha value is -2.30. The average molecular weight is 248 g/mol. The molecule has 5 heteroatoms. The molecule has 0 saturated carbocycles. The number of aldehydes is 1. The number of carbonyl (C=O) groups is 2. The van der Waals surface area contributed by atoms with Crippen molar-refractivity contribution >= 4 is 12.3 Å². The molecule has 0 radical (unpaired) electrons. The molecule has 0 aromatic heterocycles. The fraction of sp³-hybridized carbons (Fsp3) is 0.231. The van der Waals surface area contributed by atoms with E-state index in [2.05, 4.69) is 6.58 Å². The number of allylic oxidation sites excluding steroid dienone is 1. The van der Waals surface area contributed by atoms with Crippen LogP contribution in [0.25, 0.3) is 0 Å². The molecule has 1 aromatic rings. The van der Waals surface area contributed by atoms with Crippen LogP contribution in [0.5, 0.6) is 11.5 Å². The second-order valence-electron chi connectivity index (χ2n) is 4.22. The van der Waals surface area contributed by atoms with Gasteiger partial charge >= 0.3 is 5.97 Å². The van der Waals surface area contributed by atoms with E-state index in [9.17, 15) is 19.8 Å². The minimum Gasteiger partial charge on any atom is -0.507 e. The molecule has 2 rings (SSSR count). The summed E-state index contributed by atoms with van der Waals surface area (Å²) in [5.41, 5.74) is 0.247. The number of carbonyl (C=O) groups excluding carboxylic acids is 2. The zero-order valence-electron chi connectivity index (χ0n) is 9.98. The molecule has 1 aromatic carbocycles. The Kier molecular flexibility index (Phi) is 2.62.